The summed E-state index contributed by atoms with van der Waals surface area (Å²) in [6, 6.07) is 10.1. The van der Waals surface area contributed by atoms with Crippen LogP contribution in [0, 0.1) is 13.8 Å². The number of anilines is 1. The molecule has 1 aromatic carbocycles. The SMILES string of the molecule is CCc1cccc(CC)c1NC(=O)c1c(C)nc2ccc(C)cn12. The van der Waals surface area contributed by atoms with Crippen LogP contribution in [0.25, 0.3) is 5.65 Å². The smallest absolute Gasteiger partial charge is 0.274 e. The molecule has 0 aliphatic rings. The summed E-state index contributed by atoms with van der Waals surface area (Å²) in [7, 11) is 0. The van der Waals surface area contributed by atoms with Gasteiger partial charge in [-0.2, -0.15) is 0 Å². The van der Waals surface area contributed by atoms with Crippen LogP contribution in [-0.2, 0) is 12.8 Å². The zero-order valence-electron chi connectivity index (χ0n) is 14.7. The maximum Gasteiger partial charge on any atom is 0.274 e. The number of fused-ring (bicyclic) bond motifs is 1. The van der Waals surface area contributed by atoms with Crippen LogP contribution in [0.1, 0.15) is 46.7 Å². The predicted octanol–water partition coefficient (Wildman–Crippen LogP) is 4.33. The number of pyridine rings is 1. The summed E-state index contributed by atoms with van der Waals surface area (Å²) in [6.07, 6.45) is 3.72. The van der Waals surface area contributed by atoms with Gasteiger partial charge in [0.15, 0.2) is 0 Å². The Bertz CT molecular complexity index is 886. The van der Waals surface area contributed by atoms with Crippen molar-refractivity contribution in [2.45, 2.75) is 40.5 Å². The minimum Gasteiger partial charge on any atom is -0.320 e. The number of carbonyl (C=O) groups is 1. The summed E-state index contributed by atoms with van der Waals surface area (Å²) in [5.41, 5.74) is 6.48. The predicted molar refractivity (Wildman–Crippen MR) is 97.8 cm³/mol. The molecule has 0 aliphatic heterocycles. The number of amides is 1. The second-order valence-corrected chi connectivity index (χ2v) is 6.09. The fourth-order valence-corrected chi connectivity index (χ4v) is 3.12. The molecule has 0 radical (unpaired) electrons. The molecule has 4 nitrogen and oxygen atoms in total. The number of hydrogen-bond donors (Lipinski definition) is 1. The molecule has 1 N–H and O–H groups in total. The van der Waals surface area contributed by atoms with Crippen LogP contribution >= 0.6 is 0 Å². The first-order chi connectivity index (χ1) is 11.5. The number of aryl methyl sites for hydroxylation is 4. The van der Waals surface area contributed by atoms with Gasteiger partial charge in [0.25, 0.3) is 5.91 Å². The highest BCUT2D eigenvalue weighted by molar-refractivity contribution is 6.05. The van der Waals surface area contributed by atoms with Crippen molar-refractivity contribution in [2.75, 3.05) is 5.32 Å². The third kappa shape index (κ3) is 2.80. The molecule has 124 valence electrons. The quantitative estimate of drug-likeness (QED) is 0.777. The molecule has 4 heteroatoms. The van der Waals surface area contributed by atoms with Gasteiger partial charge in [0.1, 0.15) is 11.3 Å². The number of carbonyl (C=O) groups excluding carboxylic acids is 1. The molecule has 0 unspecified atom stereocenters. The highest BCUT2D eigenvalue weighted by Crippen LogP contribution is 2.24. The maximum absolute atomic E-state index is 13.0. The molecule has 24 heavy (non-hydrogen) atoms. The normalized spacial score (nSPS) is 11.0. The van der Waals surface area contributed by atoms with Crippen molar-refractivity contribution in [3.8, 4) is 0 Å². The summed E-state index contributed by atoms with van der Waals surface area (Å²) in [6.45, 7) is 8.10. The Morgan fingerprint density at radius 2 is 1.75 bits per heavy atom. The fraction of sp³-hybridized carbons (Fsp3) is 0.300. The van der Waals surface area contributed by atoms with Crippen molar-refractivity contribution in [2.24, 2.45) is 0 Å². The van der Waals surface area contributed by atoms with Gasteiger partial charge in [-0.1, -0.05) is 38.1 Å². The molecule has 0 bridgehead atoms. The molecule has 0 saturated heterocycles. The van der Waals surface area contributed by atoms with Gasteiger partial charge in [0, 0.05) is 11.9 Å². The summed E-state index contributed by atoms with van der Waals surface area (Å²) in [5.74, 6) is -0.110. The van der Waals surface area contributed by atoms with E-state index in [1.54, 1.807) is 0 Å². The molecule has 2 aromatic heterocycles. The molecule has 0 fully saturated rings. The van der Waals surface area contributed by atoms with Crippen molar-refractivity contribution in [1.29, 1.82) is 0 Å². The van der Waals surface area contributed by atoms with E-state index >= 15 is 0 Å². The molecule has 2 heterocycles. The summed E-state index contributed by atoms with van der Waals surface area (Å²) >= 11 is 0. The van der Waals surface area contributed by atoms with E-state index in [0.29, 0.717) is 5.69 Å². The van der Waals surface area contributed by atoms with E-state index in [0.717, 1.165) is 46.6 Å². The molecular formula is C20H23N3O. The zero-order chi connectivity index (χ0) is 17.3. The van der Waals surface area contributed by atoms with Gasteiger partial charge < -0.3 is 5.32 Å². The number of benzene rings is 1. The van der Waals surface area contributed by atoms with Crippen molar-refractivity contribution in [1.82, 2.24) is 9.38 Å². The number of aromatic nitrogens is 2. The number of imidazole rings is 1. The van der Waals surface area contributed by atoms with Gasteiger partial charge in [-0.3, -0.25) is 9.20 Å². The van der Waals surface area contributed by atoms with Crippen LogP contribution in [0.4, 0.5) is 5.69 Å². The molecule has 3 aromatic rings. The molecule has 0 atom stereocenters. The van der Waals surface area contributed by atoms with E-state index < -0.39 is 0 Å². The molecule has 0 saturated carbocycles. The molecule has 3 rings (SSSR count). The van der Waals surface area contributed by atoms with Gasteiger partial charge >= 0.3 is 0 Å². The first-order valence-corrected chi connectivity index (χ1v) is 8.42. The minimum atomic E-state index is -0.110. The lowest BCUT2D eigenvalue weighted by molar-refractivity contribution is 0.102. The Labute approximate surface area is 142 Å². The van der Waals surface area contributed by atoms with Crippen LogP contribution in [0.3, 0.4) is 0 Å². The highest BCUT2D eigenvalue weighted by Gasteiger charge is 2.18. The lowest BCUT2D eigenvalue weighted by atomic mass is 10.0. The fourth-order valence-electron chi connectivity index (χ4n) is 3.12. The number of nitrogens with one attached hydrogen (secondary N) is 1. The van der Waals surface area contributed by atoms with E-state index in [4.69, 9.17) is 0 Å². The van der Waals surface area contributed by atoms with E-state index in [1.165, 1.54) is 0 Å². The summed E-state index contributed by atoms with van der Waals surface area (Å²) in [4.78, 5) is 17.5. The molecular weight excluding hydrogens is 298 g/mol. The van der Waals surface area contributed by atoms with E-state index in [2.05, 4.69) is 42.3 Å². The zero-order valence-corrected chi connectivity index (χ0v) is 14.7. The number of para-hydroxylation sites is 1. The Kier molecular flexibility index (Phi) is 4.38. The number of nitrogens with zero attached hydrogens (tertiary/aromatic N) is 2. The molecule has 0 spiro atoms. The first-order valence-electron chi connectivity index (χ1n) is 8.42. The van der Waals surface area contributed by atoms with Crippen molar-refractivity contribution < 1.29 is 4.79 Å². The van der Waals surface area contributed by atoms with Crippen molar-refractivity contribution in [3.05, 3.63) is 64.6 Å². The maximum atomic E-state index is 13.0. The topological polar surface area (TPSA) is 46.4 Å². The second-order valence-electron chi connectivity index (χ2n) is 6.09. The Morgan fingerprint density at radius 3 is 2.38 bits per heavy atom. The van der Waals surface area contributed by atoms with Gasteiger partial charge in [0.2, 0.25) is 0 Å². The van der Waals surface area contributed by atoms with E-state index in [-0.39, 0.29) is 5.91 Å². The van der Waals surface area contributed by atoms with E-state index in [9.17, 15) is 4.79 Å². The first kappa shape index (κ1) is 16.2. The van der Waals surface area contributed by atoms with Crippen LogP contribution in [0.15, 0.2) is 36.5 Å². The third-order valence-electron chi connectivity index (χ3n) is 4.39. The standard InChI is InChI=1S/C20H23N3O/c1-5-15-8-7-9-16(6-2)18(15)22-20(24)19-14(4)21-17-11-10-13(3)12-23(17)19/h7-12H,5-6H2,1-4H3,(H,22,24). The lowest BCUT2D eigenvalue weighted by Gasteiger charge is -2.14. The molecule has 0 aliphatic carbocycles. The highest BCUT2D eigenvalue weighted by atomic mass is 16.2. The Hall–Kier alpha value is -2.62. The van der Waals surface area contributed by atoms with Crippen LogP contribution < -0.4 is 5.32 Å². The molecule has 1 amide bonds. The van der Waals surface area contributed by atoms with Crippen molar-refractivity contribution >= 4 is 17.2 Å². The summed E-state index contributed by atoms with van der Waals surface area (Å²) < 4.78 is 1.88. The number of hydrogen-bond acceptors (Lipinski definition) is 2. The monoisotopic (exact) mass is 321 g/mol. The van der Waals surface area contributed by atoms with Crippen LogP contribution in [-0.4, -0.2) is 15.3 Å². The van der Waals surface area contributed by atoms with Gasteiger partial charge in [-0.05, 0) is 49.4 Å². The summed E-state index contributed by atoms with van der Waals surface area (Å²) in [5, 5.41) is 3.14. The largest absolute Gasteiger partial charge is 0.320 e. The van der Waals surface area contributed by atoms with Gasteiger partial charge in [-0.25, -0.2) is 4.98 Å². The third-order valence-corrected chi connectivity index (χ3v) is 4.39. The average Bonchev–Trinajstić information content (AvgIpc) is 2.90. The van der Waals surface area contributed by atoms with Gasteiger partial charge in [0.05, 0.1) is 5.69 Å². The second kappa shape index (κ2) is 6.48. The Balaban J connectivity index is 2.06. The Morgan fingerprint density at radius 1 is 1.08 bits per heavy atom. The van der Waals surface area contributed by atoms with Crippen LogP contribution in [0.2, 0.25) is 0 Å². The average molecular weight is 321 g/mol. The van der Waals surface area contributed by atoms with Gasteiger partial charge in [-0.15, -0.1) is 0 Å². The van der Waals surface area contributed by atoms with E-state index in [1.807, 2.05) is 36.6 Å². The minimum absolute atomic E-state index is 0.110. The van der Waals surface area contributed by atoms with Crippen LogP contribution in [0.5, 0.6) is 0 Å². The number of rotatable bonds is 4. The van der Waals surface area contributed by atoms with Crippen molar-refractivity contribution in [3.63, 3.8) is 0 Å². The lowest BCUT2D eigenvalue weighted by Crippen LogP contribution is -2.18.